The SMILES string of the molecule is CC[C@@H](C(=O)NCc1ccccc1CN1CCCC1)N(c1ccc(OC)c(Cl)c1)S(C)(=O)=O. The maximum atomic E-state index is 13.2. The maximum absolute atomic E-state index is 13.2. The molecule has 1 fully saturated rings. The first-order chi connectivity index (χ1) is 15.7. The number of likely N-dealkylation sites (tertiary alicyclic amines) is 1. The number of anilines is 1. The Bertz CT molecular complexity index is 1070. The van der Waals surface area contributed by atoms with E-state index in [1.165, 1.54) is 31.6 Å². The van der Waals surface area contributed by atoms with Crippen LogP contribution in [0.2, 0.25) is 5.02 Å². The van der Waals surface area contributed by atoms with E-state index in [9.17, 15) is 13.2 Å². The van der Waals surface area contributed by atoms with Crippen molar-refractivity contribution in [3.63, 3.8) is 0 Å². The summed E-state index contributed by atoms with van der Waals surface area (Å²) in [6.45, 7) is 5.15. The minimum atomic E-state index is -3.75. The summed E-state index contributed by atoms with van der Waals surface area (Å²) in [4.78, 5) is 15.6. The van der Waals surface area contributed by atoms with Gasteiger partial charge in [-0.2, -0.15) is 0 Å². The quantitative estimate of drug-likeness (QED) is 0.544. The number of benzene rings is 2. The number of carbonyl (C=O) groups excluding carboxylic acids is 1. The number of carbonyl (C=O) groups is 1. The molecule has 1 atom stereocenters. The van der Waals surface area contributed by atoms with E-state index in [1.54, 1.807) is 19.1 Å². The average molecular weight is 494 g/mol. The van der Waals surface area contributed by atoms with Crippen LogP contribution in [0.15, 0.2) is 42.5 Å². The molecule has 0 bridgehead atoms. The zero-order valence-electron chi connectivity index (χ0n) is 19.4. The summed E-state index contributed by atoms with van der Waals surface area (Å²) in [6, 6.07) is 11.8. The standard InChI is InChI=1S/C24H32ClN3O4S/c1-4-22(28(33(3,30)31)20-11-12-23(32-2)21(25)15-20)24(29)26-16-18-9-5-6-10-19(18)17-27-13-7-8-14-27/h5-6,9-12,15,22H,4,7-8,13-14,16-17H2,1-3H3,(H,26,29)/t22-/m0/s1. The Kier molecular flexibility index (Phi) is 8.62. The van der Waals surface area contributed by atoms with Crippen LogP contribution in [0.3, 0.4) is 0 Å². The molecular formula is C24H32ClN3O4S. The lowest BCUT2D eigenvalue weighted by atomic mass is 10.1. The molecule has 1 heterocycles. The summed E-state index contributed by atoms with van der Waals surface area (Å²) in [5.74, 6) is 0.0758. The number of nitrogens with zero attached hydrogens (tertiary/aromatic N) is 2. The molecule has 1 saturated heterocycles. The molecule has 0 aliphatic carbocycles. The zero-order chi connectivity index (χ0) is 24.0. The van der Waals surface area contributed by atoms with Crippen molar-refractivity contribution in [3.8, 4) is 5.75 Å². The highest BCUT2D eigenvalue weighted by Gasteiger charge is 2.32. The Morgan fingerprint density at radius 1 is 1.18 bits per heavy atom. The number of hydrogen-bond acceptors (Lipinski definition) is 5. The summed E-state index contributed by atoms with van der Waals surface area (Å²) in [5, 5.41) is 3.23. The highest BCUT2D eigenvalue weighted by atomic mass is 35.5. The second-order valence-electron chi connectivity index (χ2n) is 8.27. The molecule has 9 heteroatoms. The molecule has 7 nitrogen and oxygen atoms in total. The average Bonchev–Trinajstić information content (AvgIpc) is 3.28. The normalized spacial score (nSPS) is 15.3. The zero-order valence-corrected chi connectivity index (χ0v) is 21.0. The van der Waals surface area contributed by atoms with Gasteiger partial charge >= 0.3 is 0 Å². The smallest absolute Gasteiger partial charge is 0.244 e. The van der Waals surface area contributed by atoms with Crippen molar-refractivity contribution in [2.75, 3.05) is 30.8 Å². The third kappa shape index (κ3) is 6.40. The second-order valence-corrected chi connectivity index (χ2v) is 10.5. The van der Waals surface area contributed by atoms with Crippen LogP contribution in [0.25, 0.3) is 0 Å². The molecule has 1 aliphatic heterocycles. The first-order valence-electron chi connectivity index (χ1n) is 11.1. The number of rotatable bonds is 10. The molecule has 0 saturated carbocycles. The lowest BCUT2D eigenvalue weighted by molar-refractivity contribution is -0.122. The van der Waals surface area contributed by atoms with Gasteiger partial charge in [0.2, 0.25) is 15.9 Å². The van der Waals surface area contributed by atoms with Gasteiger partial charge in [0.15, 0.2) is 0 Å². The molecule has 1 amide bonds. The van der Waals surface area contributed by atoms with Gasteiger partial charge in [-0.25, -0.2) is 8.42 Å². The van der Waals surface area contributed by atoms with E-state index >= 15 is 0 Å². The Labute approximate surface area is 201 Å². The van der Waals surface area contributed by atoms with Crippen molar-refractivity contribution >= 4 is 33.2 Å². The van der Waals surface area contributed by atoms with Crippen LogP contribution in [0.4, 0.5) is 5.69 Å². The molecular weight excluding hydrogens is 462 g/mol. The topological polar surface area (TPSA) is 79.0 Å². The van der Waals surface area contributed by atoms with Gasteiger partial charge in [0.05, 0.1) is 24.1 Å². The van der Waals surface area contributed by atoms with Gasteiger partial charge in [-0.15, -0.1) is 0 Å². The largest absolute Gasteiger partial charge is 0.495 e. The predicted molar refractivity (Wildman–Crippen MR) is 132 cm³/mol. The predicted octanol–water partition coefficient (Wildman–Crippen LogP) is 3.81. The number of halogens is 1. The lowest BCUT2D eigenvalue weighted by Crippen LogP contribution is -2.49. The van der Waals surface area contributed by atoms with E-state index < -0.39 is 16.1 Å². The Morgan fingerprint density at radius 2 is 1.85 bits per heavy atom. The van der Waals surface area contributed by atoms with Crippen molar-refractivity contribution in [2.24, 2.45) is 0 Å². The van der Waals surface area contributed by atoms with E-state index in [0.29, 0.717) is 24.4 Å². The number of ether oxygens (including phenoxy) is 1. The van der Waals surface area contributed by atoms with Crippen molar-refractivity contribution < 1.29 is 17.9 Å². The lowest BCUT2D eigenvalue weighted by Gasteiger charge is -2.30. The monoisotopic (exact) mass is 493 g/mol. The highest BCUT2D eigenvalue weighted by molar-refractivity contribution is 7.92. The van der Waals surface area contributed by atoms with Crippen molar-refractivity contribution in [3.05, 3.63) is 58.6 Å². The Balaban J connectivity index is 1.79. The van der Waals surface area contributed by atoms with E-state index in [1.807, 2.05) is 18.2 Å². The number of methoxy groups -OCH3 is 1. The van der Waals surface area contributed by atoms with Crippen LogP contribution in [0, 0.1) is 0 Å². The van der Waals surface area contributed by atoms with Crippen LogP contribution < -0.4 is 14.4 Å². The summed E-state index contributed by atoms with van der Waals surface area (Å²) in [6.07, 6.45) is 3.83. The second kappa shape index (κ2) is 11.2. The van der Waals surface area contributed by atoms with Crippen LogP contribution in [-0.2, 0) is 27.9 Å². The third-order valence-corrected chi connectivity index (χ3v) is 7.36. The fourth-order valence-electron chi connectivity index (χ4n) is 4.22. The highest BCUT2D eigenvalue weighted by Crippen LogP contribution is 2.32. The minimum Gasteiger partial charge on any atom is -0.495 e. The van der Waals surface area contributed by atoms with Gasteiger partial charge in [-0.05, 0) is 61.7 Å². The van der Waals surface area contributed by atoms with Crippen molar-refractivity contribution in [1.82, 2.24) is 10.2 Å². The van der Waals surface area contributed by atoms with E-state index in [-0.39, 0.29) is 10.9 Å². The number of nitrogens with one attached hydrogen (secondary N) is 1. The summed E-state index contributed by atoms with van der Waals surface area (Å²) in [5.41, 5.74) is 2.53. The summed E-state index contributed by atoms with van der Waals surface area (Å²) < 4.78 is 31.7. The molecule has 0 radical (unpaired) electrons. The molecule has 0 unspecified atom stereocenters. The van der Waals surface area contributed by atoms with Crippen molar-refractivity contribution in [1.29, 1.82) is 0 Å². The summed E-state index contributed by atoms with van der Waals surface area (Å²) in [7, 11) is -2.27. The van der Waals surface area contributed by atoms with Gasteiger partial charge in [0.1, 0.15) is 11.8 Å². The fourth-order valence-corrected chi connectivity index (χ4v) is 5.67. The number of hydrogen-bond donors (Lipinski definition) is 1. The Hall–Kier alpha value is -2.29. The molecule has 2 aromatic rings. The molecule has 33 heavy (non-hydrogen) atoms. The minimum absolute atomic E-state index is 0.273. The van der Waals surface area contributed by atoms with Gasteiger partial charge in [0, 0.05) is 13.1 Å². The number of sulfonamides is 1. The summed E-state index contributed by atoms with van der Waals surface area (Å²) >= 11 is 6.23. The van der Waals surface area contributed by atoms with Crippen LogP contribution >= 0.6 is 11.6 Å². The van der Waals surface area contributed by atoms with Gasteiger partial charge < -0.3 is 10.1 Å². The van der Waals surface area contributed by atoms with E-state index in [4.69, 9.17) is 16.3 Å². The maximum Gasteiger partial charge on any atom is 0.244 e. The molecule has 2 aromatic carbocycles. The van der Waals surface area contributed by atoms with Crippen LogP contribution in [0.1, 0.15) is 37.3 Å². The van der Waals surface area contributed by atoms with Gasteiger partial charge in [-0.3, -0.25) is 14.0 Å². The van der Waals surface area contributed by atoms with Crippen molar-refractivity contribution in [2.45, 2.75) is 45.3 Å². The molecule has 1 N–H and O–H groups in total. The van der Waals surface area contributed by atoms with E-state index in [0.717, 1.165) is 35.8 Å². The molecule has 0 aromatic heterocycles. The third-order valence-electron chi connectivity index (χ3n) is 5.88. The van der Waals surface area contributed by atoms with Gasteiger partial charge in [-0.1, -0.05) is 42.8 Å². The van der Waals surface area contributed by atoms with Gasteiger partial charge in [0.25, 0.3) is 0 Å². The fraction of sp³-hybridized carbons (Fsp3) is 0.458. The Morgan fingerprint density at radius 3 is 2.42 bits per heavy atom. The van der Waals surface area contributed by atoms with Crippen LogP contribution in [0.5, 0.6) is 5.75 Å². The van der Waals surface area contributed by atoms with Crippen LogP contribution in [-0.4, -0.2) is 51.7 Å². The first-order valence-corrected chi connectivity index (χ1v) is 13.4. The molecule has 1 aliphatic rings. The molecule has 180 valence electrons. The molecule has 0 spiro atoms. The number of amides is 1. The molecule has 3 rings (SSSR count). The first kappa shape index (κ1) is 25.3. The van der Waals surface area contributed by atoms with E-state index in [2.05, 4.69) is 16.3 Å².